The summed E-state index contributed by atoms with van der Waals surface area (Å²) in [5.74, 6) is 0.503. The maximum Gasteiger partial charge on any atom is 0.124 e. The fraction of sp³-hybridized carbons (Fsp3) is 0.538. The fourth-order valence-corrected chi connectivity index (χ4v) is 6.71. The number of aromatic hydroxyl groups is 2. The SMILES string of the molecule is Cc1cc(CNC(CO)CO)c(O)c(CN2CCCN(Cc3ccccc3)CCN(Cc3cc(C)cc(CNC(CO)CO)c3O)CCC2)c1. The Labute approximate surface area is 297 Å². The van der Waals surface area contributed by atoms with Crippen molar-refractivity contribution in [2.24, 2.45) is 0 Å². The number of aliphatic hydroxyl groups is 4. The Hall–Kier alpha value is -3.10. The predicted octanol–water partition coefficient (Wildman–Crippen LogP) is 2.20. The summed E-state index contributed by atoms with van der Waals surface area (Å²) in [6.07, 6.45) is 1.91. The summed E-state index contributed by atoms with van der Waals surface area (Å²) < 4.78 is 0. The average Bonchev–Trinajstić information content (AvgIpc) is 3.15. The van der Waals surface area contributed by atoms with Crippen molar-refractivity contribution < 1.29 is 30.6 Å². The lowest BCUT2D eigenvalue weighted by atomic mass is 10.0. The Bertz CT molecular complexity index is 1440. The van der Waals surface area contributed by atoms with Crippen LogP contribution < -0.4 is 10.6 Å². The number of hydrogen-bond donors (Lipinski definition) is 8. The maximum atomic E-state index is 11.3. The van der Waals surface area contributed by atoms with Crippen LogP contribution in [0.25, 0.3) is 0 Å². The molecule has 0 saturated carbocycles. The third-order valence-electron chi connectivity index (χ3n) is 9.53. The summed E-state index contributed by atoms with van der Waals surface area (Å²) in [7, 11) is 0. The van der Waals surface area contributed by atoms with E-state index >= 15 is 0 Å². The summed E-state index contributed by atoms with van der Waals surface area (Å²) in [5.41, 5.74) is 6.60. The number of nitrogens with zero attached hydrogens (tertiary/aromatic N) is 3. The van der Waals surface area contributed by atoms with Crippen LogP contribution in [0, 0.1) is 13.8 Å². The van der Waals surface area contributed by atoms with E-state index in [-0.39, 0.29) is 37.9 Å². The Balaban J connectivity index is 1.52. The third kappa shape index (κ3) is 12.3. The summed E-state index contributed by atoms with van der Waals surface area (Å²) in [6, 6.07) is 17.6. The van der Waals surface area contributed by atoms with Crippen LogP contribution in [0.1, 0.15) is 51.8 Å². The first-order valence-electron chi connectivity index (χ1n) is 18.0. The normalized spacial score (nSPS) is 15.9. The van der Waals surface area contributed by atoms with E-state index in [0.717, 1.165) is 92.0 Å². The van der Waals surface area contributed by atoms with E-state index in [1.807, 2.05) is 44.2 Å². The van der Waals surface area contributed by atoms with E-state index in [0.29, 0.717) is 26.2 Å². The molecule has 1 aliphatic heterocycles. The molecule has 0 amide bonds. The van der Waals surface area contributed by atoms with Crippen molar-refractivity contribution in [2.45, 2.75) is 71.5 Å². The van der Waals surface area contributed by atoms with Gasteiger partial charge < -0.3 is 41.3 Å². The zero-order valence-corrected chi connectivity index (χ0v) is 29.9. The molecular formula is C39H59N5O6. The van der Waals surface area contributed by atoms with Gasteiger partial charge in [-0.25, -0.2) is 0 Å². The molecule has 1 aliphatic rings. The summed E-state index contributed by atoms with van der Waals surface area (Å²) in [5, 5.41) is 66.8. The second-order valence-corrected chi connectivity index (χ2v) is 13.8. The van der Waals surface area contributed by atoms with Crippen LogP contribution in [0.4, 0.5) is 0 Å². The van der Waals surface area contributed by atoms with Gasteiger partial charge in [0.1, 0.15) is 11.5 Å². The quantitative estimate of drug-likeness (QED) is 0.111. The van der Waals surface area contributed by atoms with Gasteiger partial charge in [-0.3, -0.25) is 14.7 Å². The summed E-state index contributed by atoms with van der Waals surface area (Å²) >= 11 is 0. The van der Waals surface area contributed by atoms with Crippen molar-refractivity contribution in [2.75, 3.05) is 65.7 Å². The van der Waals surface area contributed by atoms with Gasteiger partial charge in [0.25, 0.3) is 0 Å². The monoisotopic (exact) mass is 693 g/mol. The summed E-state index contributed by atoms with van der Waals surface area (Å²) in [4.78, 5) is 7.35. The minimum atomic E-state index is -0.447. The molecule has 0 atom stereocenters. The van der Waals surface area contributed by atoms with E-state index in [1.165, 1.54) is 5.56 Å². The molecule has 1 heterocycles. The summed E-state index contributed by atoms with van der Waals surface area (Å²) in [6.45, 7) is 11.3. The van der Waals surface area contributed by atoms with Crippen LogP contribution in [-0.2, 0) is 32.7 Å². The van der Waals surface area contributed by atoms with Gasteiger partial charge in [-0.05, 0) is 58.4 Å². The first-order valence-corrected chi connectivity index (χ1v) is 18.0. The predicted molar refractivity (Wildman–Crippen MR) is 197 cm³/mol. The fourth-order valence-electron chi connectivity index (χ4n) is 6.71. The number of hydrogen-bond acceptors (Lipinski definition) is 11. The third-order valence-corrected chi connectivity index (χ3v) is 9.53. The number of phenolic OH excluding ortho intramolecular Hbond substituents is 2. The van der Waals surface area contributed by atoms with Gasteiger partial charge in [0, 0.05) is 68.1 Å². The van der Waals surface area contributed by atoms with Crippen molar-refractivity contribution >= 4 is 0 Å². The number of aryl methyl sites for hydroxylation is 2. The number of aliphatic hydroxyl groups excluding tert-OH is 4. The largest absolute Gasteiger partial charge is 0.507 e. The lowest BCUT2D eigenvalue weighted by Gasteiger charge is -2.28. The molecule has 50 heavy (non-hydrogen) atoms. The van der Waals surface area contributed by atoms with Gasteiger partial charge in [-0.1, -0.05) is 65.7 Å². The average molecular weight is 694 g/mol. The number of phenols is 2. The highest BCUT2D eigenvalue weighted by molar-refractivity contribution is 5.44. The topological polar surface area (TPSA) is 155 Å². The van der Waals surface area contributed by atoms with Gasteiger partial charge >= 0.3 is 0 Å². The van der Waals surface area contributed by atoms with Crippen molar-refractivity contribution in [3.63, 3.8) is 0 Å². The minimum Gasteiger partial charge on any atom is -0.507 e. The maximum absolute atomic E-state index is 11.3. The molecule has 1 fully saturated rings. The van der Waals surface area contributed by atoms with Crippen molar-refractivity contribution in [1.82, 2.24) is 25.3 Å². The molecule has 1 saturated heterocycles. The molecule has 11 nitrogen and oxygen atoms in total. The van der Waals surface area contributed by atoms with Gasteiger partial charge in [-0.15, -0.1) is 0 Å². The first kappa shape index (κ1) is 39.7. The molecule has 0 radical (unpaired) electrons. The van der Waals surface area contributed by atoms with Gasteiger partial charge in [-0.2, -0.15) is 0 Å². The molecule has 0 bridgehead atoms. The Morgan fingerprint density at radius 1 is 0.540 bits per heavy atom. The van der Waals surface area contributed by atoms with Crippen LogP contribution >= 0.6 is 0 Å². The van der Waals surface area contributed by atoms with Crippen LogP contribution in [0.3, 0.4) is 0 Å². The van der Waals surface area contributed by atoms with E-state index in [4.69, 9.17) is 0 Å². The van der Waals surface area contributed by atoms with E-state index < -0.39 is 12.1 Å². The standard InChI is InChI=1S/C39H59N5O6/c1-29-16-32(20-40-36(25-45)26-46)38(49)34(18-29)23-42-10-6-12-43(22-31-8-4-3-5-9-31)14-15-44(13-7-11-42)24-35-19-30(2)17-33(39(35)50)21-41-37(27-47)28-48/h3-5,8-9,16-19,36-37,40-41,45-50H,6-7,10-15,20-28H2,1-2H3. The van der Waals surface area contributed by atoms with Crippen molar-refractivity contribution in [3.8, 4) is 11.5 Å². The highest BCUT2D eigenvalue weighted by Gasteiger charge is 2.20. The molecule has 0 spiro atoms. The molecule has 0 unspecified atom stereocenters. The van der Waals surface area contributed by atoms with Crippen LogP contribution in [0.15, 0.2) is 54.6 Å². The molecule has 11 heteroatoms. The second kappa shape index (κ2) is 20.7. The Kier molecular flexibility index (Phi) is 16.4. The lowest BCUT2D eigenvalue weighted by molar-refractivity contribution is 0.169. The molecular weight excluding hydrogens is 634 g/mol. The van der Waals surface area contributed by atoms with Crippen molar-refractivity contribution in [3.05, 3.63) is 93.5 Å². The molecule has 4 rings (SSSR count). The molecule has 0 aromatic heterocycles. The minimum absolute atomic E-state index is 0.181. The van der Waals surface area contributed by atoms with Gasteiger partial charge in [0.05, 0.1) is 38.5 Å². The molecule has 3 aromatic carbocycles. The second-order valence-electron chi connectivity index (χ2n) is 13.8. The molecule has 8 N–H and O–H groups in total. The molecule has 276 valence electrons. The van der Waals surface area contributed by atoms with Crippen LogP contribution in [-0.4, -0.2) is 123 Å². The zero-order chi connectivity index (χ0) is 35.9. The van der Waals surface area contributed by atoms with E-state index in [9.17, 15) is 30.6 Å². The smallest absolute Gasteiger partial charge is 0.124 e. The van der Waals surface area contributed by atoms with Crippen molar-refractivity contribution in [1.29, 1.82) is 0 Å². The highest BCUT2D eigenvalue weighted by Crippen LogP contribution is 2.28. The number of benzene rings is 3. The Morgan fingerprint density at radius 3 is 1.34 bits per heavy atom. The molecule has 3 aromatic rings. The van der Waals surface area contributed by atoms with Crippen LogP contribution in [0.5, 0.6) is 11.5 Å². The van der Waals surface area contributed by atoms with Gasteiger partial charge in [0.2, 0.25) is 0 Å². The van der Waals surface area contributed by atoms with Crippen LogP contribution in [0.2, 0.25) is 0 Å². The first-order chi connectivity index (χ1) is 24.2. The number of nitrogens with one attached hydrogen (secondary N) is 2. The Morgan fingerprint density at radius 2 is 0.920 bits per heavy atom. The highest BCUT2D eigenvalue weighted by atomic mass is 16.3. The van der Waals surface area contributed by atoms with E-state index in [1.54, 1.807) is 0 Å². The zero-order valence-electron chi connectivity index (χ0n) is 29.9. The van der Waals surface area contributed by atoms with Gasteiger partial charge in [0.15, 0.2) is 0 Å². The molecule has 0 aliphatic carbocycles. The van der Waals surface area contributed by atoms with E-state index in [2.05, 4.69) is 49.6 Å². The lowest BCUT2D eigenvalue weighted by Crippen LogP contribution is -2.36. The number of rotatable bonds is 16.